The zero-order valence-corrected chi connectivity index (χ0v) is 14.9. The zero-order chi connectivity index (χ0) is 15.5. The van der Waals surface area contributed by atoms with E-state index in [1.165, 1.54) is 5.56 Å². The highest BCUT2D eigenvalue weighted by Gasteiger charge is 2.55. The van der Waals surface area contributed by atoms with E-state index in [1.807, 2.05) is 0 Å². The highest BCUT2D eigenvalue weighted by atomic mass is 28.3. The van der Waals surface area contributed by atoms with Crippen molar-refractivity contribution in [2.75, 3.05) is 20.8 Å². The van der Waals surface area contributed by atoms with Gasteiger partial charge >= 0.3 is 0 Å². The summed E-state index contributed by atoms with van der Waals surface area (Å²) in [5, 5.41) is 0. The lowest BCUT2D eigenvalue weighted by Crippen LogP contribution is -2.64. The summed E-state index contributed by atoms with van der Waals surface area (Å²) in [5.41, 5.74) is 0.776. The first-order valence-corrected chi connectivity index (χ1v) is 11.2. The highest BCUT2D eigenvalue weighted by molar-refractivity contribution is 6.78. The fraction of sp³-hybridized carbons (Fsp3) is 0.647. The number of benzene rings is 1. The molecule has 1 fully saturated rings. The molecule has 21 heavy (non-hydrogen) atoms. The van der Waals surface area contributed by atoms with Gasteiger partial charge in [0.2, 0.25) is 0 Å². The Balaban J connectivity index is 2.24. The van der Waals surface area contributed by atoms with E-state index in [0.717, 1.165) is 19.4 Å². The van der Waals surface area contributed by atoms with Crippen molar-refractivity contribution in [2.45, 2.75) is 44.0 Å². The van der Waals surface area contributed by atoms with E-state index in [9.17, 15) is 0 Å². The Morgan fingerprint density at radius 2 is 1.76 bits per heavy atom. The van der Waals surface area contributed by atoms with Crippen LogP contribution in [0.2, 0.25) is 19.6 Å². The molecule has 1 aliphatic rings. The van der Waals surface area contributed by atoms with Gasteiger partial charge in [0, 0.05) is 20.8 Å². The van der Waals surface area contributed by atoms with Gasteiger partial charge in [-0.1, -0.05) is 50.0 Å². The highest BCUT2D eigenvalue weighted by Crippen LogP contribution is 2.39. The lowest BCUT2D eigenvalue weighted by Gasteiger charge is -2.46. The maximum Gasteiger partial charge on any atom is 0.175 e. The van der Waals surface area contributed by atoms with Crippen LogP contribution in [0.15, 0.2) is 30.3 Å². The third kappa shape index (κ3) is 3.23. The molecule has 0 unspecified atom stereocenters. The fourth-order valence-electron chi connectivity index (χ4n) is 3.53. The number of ether oxygens (including phenoxy) is 3. The summed E-state index contributed by atoms with van der Waals surface area (Å²) < 4.78 is 17.9. The fourth-order valence-corrected chi connectivity index (χ4v) is 5.93. The minimum Gasteiger partial charge on any atom is -0.373 e. The summed E-state index contributed by atoms with van der Waals surface area (Å²) >= 11 is 0. The van der Waals surface area contributed by atoms with Crippen molar-refractivity contribution in [3.8, 4) is 0 Å². The molecule has 4 heteroatoms. The van der Waals surface area contributed by atoms with Crippen LogP contribution in [0.1, 0.15) is 12.0 Å². The Hall–Kier alpha value is -0.683. The van der Waals surface area contributed by atoms with Gasteiger partial charge in [-0.2, -0.15) is 0 Å². The van der Waals surface area contributed by atoms with Crippen LogP contribution in [-0.4, -0.2) is 40.4 Å². The Morgan fingerprint density at radius 3 is 2.29 bits per heavy atom. The Labute approximate surface area is 129 Å². The van der Waals surface area contributed by atoms with E-state index in [2.05, 4.69) is 50.0 Å². The summed E-state index contributed by atoms with van der Waals surface area (Å²) in [6, 6.07) is 10.6. The van der Waals surface area contributed by atoms with Crippen molar-refractivity contribution in [1.82, 2.24) is 0 Å². The van der Waals surface area contributed by atoms with Gasteiger partial charge in [-0.15, -0.1) is 0 Å². The van der Waals surface area contributed by atoms with Gasteiger partial charge in [0.25, 0.3) is 0 Å². The molecule has 3 nitrogen and oxygen atoms in total. The molecule has 118 valence electrons. The van der Waals surface area contributed by atoms with Crippen molar-refractivity contribution in [2.24, 2.45) is 5.92 Å². The topological polar surface area (TPSA) is 27.7 Å². The summed E-state index contributed by atoms with van der Waals surface area (Å²) in [4.78, 5) is 0. The molecule has 1 aromatic rings. The maximum atomic E-state index is 6.10. The van der Waals surface area contributed by atoms with Crippen LogP contribution < -0.4 is 0 Å². The molecule has 1 heterocycles. The molecule has 0 amide bonds. The van der Waals surface area contributed by atoms with Gasteiger partial charge in [-0.05, 0) is 24.3 Å². The Bertz CT molecular complexity index is 437. The van der Waals surface area contributed by atoms with Crippen molar-refractivity contribution in [3.63, 3.8) is 0 Å². The van der Waals surface area contributed by atoms with E-state index in [4.69, 9.17) is 14.2 Å². The minimum atomic E-state index is -1.73. The first-order valence-electron chi connectivity index (χ1n) is 7.70. The van der Waals surface area contributed by atoms with Gasteiger partial charge in [-0.3, -0.25) is 0 Å². The molecule has 0 N–H and O–H groups in total. The molecule has 1 aromatic carbocycles. The summed E-state index contributed by atoms with van der Waals surface area (Å²) in [6.07, 6.45) is 2.10. The third-order valence-corrected chi connectivity index (χ3v) is 7.36. The number of hydrogen-bond acceptors (Lipinski definition) is 3. The second kappa shape index (κ2) is 6.61. The van der Waals surface area contributed by atoms with E-state index < -0.39 is 13.5 Å². The molecule has 0 saturated carbocycles. The average molecular weight is 308 g/mol. The van der Waals surface area contributed by atoms with Crippen LogP contribution in [0.4, 0.5) is 0 Å². The van der Waals surface area contributed by atoms with Crippen molar-refractivity contribution < 1.29 is 14.2 Å². The summed E-state index contributed by atoms with van der Waals surface area (Å²) in [7, 11) is 1.78. The second-order valence-corrected chi connectivity index (χ2v) is 12.1. The van der Waals surface area contributed by atoms with Crippen LogP contribution in [0, 0.1) is 5.92 Å². The van der Waals surface area contributed by atoms with Gasteiger partial charge < -0.3 is 14.2 Å². The third-order valence-electron chi connectivity index (χ3n) is 4.58. The molecule has 1 aliphatic heterocycles. The number of methoxy groups -OCH3 is 2. The molecular formula is C17H28O3Si. The molecule has 0 aliphatic carbocycles. The number of hydrogen-bond donors (Lipinski definition) is 0. The minimum absolute atomic E-state index is 0.0133. The zero-order valence-electron chi connectivity index (χ0n) is 13.9. The summed E-state index contributed by atoms with van der Waals surface area (Å²) in [5.74, 6) is 0.444. The Morgan fingerprint density at radius 1 is 1.14 bits per heavy atom. The predicted octanol–water partition coefficient (Wildman–Crippen LogP) is 3.50. The average Bonchev–Trinajstić information content (AvgIpc) is 2.89. The van der Waals surface area contributed by atoms with Crippen molar-refractivity contribution in [1.29, 1.82) is 0 Å². The van der Waals surface area contributed by atoms with Crippen LogP contribution in [0.5, 0.6) is 0 Å². The Kier molecular flexibility index (Phi) is 5.25. The molecule has 0 spiro atoms. The second-order valence-electron chi connectivity index (χ2n) is 6.86. The number of rotatable bonds is 6. The first-order chi connectivity index (χ1) is 9.94. The molecular weight excluding hydrogens is 280 g/mol. The molecule has 1 saturated heterocycles. The maximum absolute atomic E-state index is 6.10. The van der Waals surface area contributed by atoms with Crippen LogP contribution in [-0.2, 0) is 20.6 Å². The SMILES string of the molecule is COC(OC)([C@@H]1OCC[C@H]1Cc1ccccc1)[Si](C)(C)C. The molecule has 0 radical (unpaired) electrons. The first kappa shape index (κ1) is 16.7. The largest absolute Gasteiger partial charge is 0.373 e. The van der Waals surface area contributed by atoms with Gasteiger partial charge in [0.15, 0.2) is 5.41 Å². The molecule has 2 atom stereocenters. The smallest absolute Gasteiger partial charge is 0.175 e. The lowest BCUT2D eigenvalue weighted by molar-refractivity contribution is -0.219. The standard InChI is InChI=1S/C17H28O3Si/c1-18-17(19-2,21(3,4)5)16-15(11-12-20-16)13-14-9-7-6-8-10-14/h6-10,15-16H,11-13H2,1-5H3/t15-,16+/m0/s1. The molecule has 0 bridgehead atoms. The quantitative estimate of drug-likeness (QED) is 0.594. The van der Waals surface area contributed by atoms with Gasteiger partial charge in [0.1, 0.15) is 14.2 Å². The van der Waals surface area contributed by atoms with Crippen molar-refractivity contribution in [3.05, 3.63) is 35.9 Å². The van der Waals surface area contributed by atoms with E-state index in [1.54, 1.807) is 14.2 Å². The van der Waals surface area contributed by atoms with Crippen LogP contribution >= 0.6 is 0 Å². The van der Waals surface area contributed by atoms with Gasteiger partial charge in [-0.25, -0.2) is 0 Å². The normalized spacial score (nSPS) is 23.5. The lowest BCUT2D eigenvalue weighted by atomic mass is 9.92. The van der Waals surface area contributed by atoms with Crippen molar-refractivity contribution >= 4 is 8.07 Å². The predicted molar refractivity (Wildman–Crippen MR) is 88.1 cm³/mol. The van der Waals surface area contributed by atoms with Crippen LogP contribution in [0.3, 0.4) is 0 Å². The monoisotopic (exact) mass is 308 g/mol. The summed E-state index contributed by atoms with van der Waals surface area (Å²) in [6.45, 7) is 7.63. The van der Waals surface area contributed by atoms with E-state index >= 15 is 0 Å². The van der Waals surface area contributed by atoms with Gasteiger partial charge in [0.05, 0.1) is 0 Å². The molecule has 2 rings (SSSR count). The van der Waals surface area contributed by atoms with E-state index in [0.29, 0.717) is 5.92 Å². The van der Waals surface area contributed by atoms with Crippen LogP contribution in [0.25, 0.3) is 0 Å². The molecule has 0 aromatic heterocycles. The van der Waals surface area contributed by atoms with E-state index in [-0.39, 0.29) is 6.10 Å².